The van der Waals surface area contributed by atoms with Gasteiger partial charge in [0.05, 0.1) is 18.5 Å². The third kappa shape index (κ3) is 3.83. The van der Waals surface area contributed by atoms with E-state index in [1.165, 1.54) is 0 Å². The number of nitrogens with one attached hydrogen (secondary N) is 1. The van der Waals surface area contributed by atoms with Crippen LogP contribution in [0.3, 0.4) is 0 Å². The molecule has 28 heavy (non-hydrogen) atoms. The molecule has 0 aliphatic carbocycles. The molecule has 1 aromatic heterocycles. The Labute approximate surface area is 164 Å². The van der Waals surface area contributed by atoms with Gasteiger partial charge >= 0.3 is 0 Å². The summed E-state index contributed by atoms with van der Waals surface area (Å²) in [4.78, 5) is 12.7. The topological polar surface area (TPSA) is 95.1 Å². The fourth-order valence-corrected chi connectivity index (χ4v) is 2.98. The number of amides is 1. The first-order valence-corrected chi connectivity index (χ1v) is 8.99. The Balaban J connectivity index is 1.85. The summed E-state index contributed by atoms with van der Waals surface area (Å²) in [6.07, 6.45) is 0. The van der Waals surface area contributed by atoms with Crippen LogP contribution in [0.25, 0.3) is 5.69 Å². The van der Waals surface area contributed by atoms with Crippen LogP contribution in [0.5, 0.6) is 5.75 Å². The number of hydrogen-bond donors (Lipinski definition) is 2. The fraction of sp³-hybridized carbons (Fsp3) is 0.286. The van der Waals surface area contributed by atoms with Crippen LogP contribution in [0.15, 0.2) is 42.5 Å². The molecule has 1 amide bonds. The van der Waals surface area contributed by atoms with Gasteiger partial charge in [-0.1, -0.05) is 26.0 Å². The van der Waals surface area contributed by atoms with Crippen LogP contribution < -0.4 is 15.8 Å². The monoisotopic (exact) mass is 379 g/mol. The smallest absolute Gasteiger partial charge is 0.278 e. The van der Waals surface area contributed by atoms with Crippen LogP contribution in [-0.2, 0) is 5.41 Å². The molecule has 0 aliphatic rings. The van der Waals surface area contributed by atoms with Crippen molar-refractivity contribution in [2.75, 3.05) is 18.2 Å². The molecule has 0 radical (unpaired) electrons. The Morgan fingerprint density at radius 3 is 2.43 bits per heavy atom. The van der Waals surface area contributed by atoms with Crippen molar-refractivity contribution in [1.29, 1.82) is 0 Å². The molecule has 0 saturated heterocycles. The number of ether oxygens (including phenoxy) is 1. The van der Waals surface area contributed by atoms with Gasteiger partial charge in [-0.25, -0.2) is 4.68 Å². The highest BCUT2D eigenvalue weighted by Crippen LogP contribution is 2.30. The quantitative estimate of drug-likeness (QED) is 0.674. The number of carbonyl (C=O) groups excluding carboxylic acids is 1. The Morgan fingerprint density at radius 2 is 1.82 bits per heavy atom. The third-order valence-electron chi connectivity index (χ3n) is 4.55. The zero-order chi connectivity index (χ0) is 20.5. The van der Waals surface area contributed by atoms with Gasteiger partial charge in [0.25, 0.3) is 5.91 Å². The van der Waals surface area contributed by atoms with Gasteiger partial charge in [-0.15, -0.1) is 5.10 Å². The van der Waals surface area contributed by atoms with Crippen molar-refractivity contribution in [1.82, 2.24) is 15.0 Å². The van der Waals surface area contributed by atoms with E-state index in [9.17, 15) is 4.79 Å². The fourth-order valence-electron chi connectivity index (χ4n) is 2.98. The molecule has 0 atom stereocenters. The summed E-state index contributed by atoms with van der Waals surface area (Å²) in [5.41, 5.74) is 10.0. The number of benzene rings is 2. The molecule has 0 spiro atoms. The van der Waals surface area contributed by atoms with Crippen LogP contribution in [0, 0.1) is 6.92 Å². The normalized spacial score (nSPS) is 11.3. The van der Waals surface area contributed by atoms with Crippen LogP contribution in [0.1, 0.15) is 42.5 Å². The maximum Gasteiger partial charge on any atom is 0.278 e. The Kier molecular flexibility index (Phi) is 5.09. The van der Waals surface area contributed by atoms with Gasteiger partial charge in [0.2, 0.25) is 0 Å². The molecular weight excluding hydrogens is 354 g/mol. The average Bonchev–Trinajstić information content (AvgIpc) is 3.04. The summed E-state index contributed by atoms with van der Waals surface area (Å²) >= 11 is 0. The number of methoxy groups -OCH3 is 1. The van der Waals surface area contributed by atoms with Crippen molar-refractivity contribution < 1.29 is 9.53 Å². The first-order valence-electron chi connectivity index (χ1n) is 8.99. The van der Waals surface area contributed by atoms with E-state index in [1.54, 1.807) is 23.9 Å². The highest BCUT2D eigenvalue weighted by atomic mass is 16.5. The van der Waals surface area contributed by atoms with Gasteiger partial charge in [0.1, 0.15) is 5.75 Å². The number of aromatic nitrogens is 3. The zero-order valence-corrected chi connectivity index (χ0v) is 16.8. The standard InChI is InChI=1S/C21H25N5O2/c1-13-19(24-25-26(13)15-7-9-16(28-5)10-8-15)20(27)23-14-6-11-18(22)17(12-14)21(2,3)4/h6-12H,22H2,1-5H3,(H,23,27). The van der Waals surface area contributed by atoms with Crippen molar-refractivity contribution in [3.63, 3.8) is 0 Å². The molecule has 0 fully saturated rings. The minimum absolute atomic E-state index is 0.127. The first kappa shape index (κ1) is 19.4. The highest BCUT2D eigenvalue weighted by molar-refractivity contribution is 6.03. The first-order chi connectivity index (χ1) is 13.2. The number of nitrogen functional groups attached to an aromatic ring is 1. The van der Waals surface area contributed by atoms with Crippen molar-refractivity contribution in [2.45, 2.75) is 33.1 Å². The van der Waals surface area contributed by atoms with E-state index < -0.39 is 0 Å². The second kappa shape index (κ2) is 7.34. The van der Waals surface area contributed by atoms with E-state index in [-0.39, 0.29) is 17.0 Å². The second-order valence-electron chi connectivity index (χ2n) is 7.64. The molecule has 3 rings (SSSR count). The number of carbonyl (C=O) groups is 1. The van der Waals surface area contributed by atoms with Gasteiger partial charge < -0.3 is 15.8 Å². The summed E-state index contributed by atoms with van der Waals surface area (Å²) in [5, 5.41) is 11.1. The molecule has 146 valence electrons. The molecule has 7 nitrogen and oxygen atoms in total. The predicted octanol–water partition coefficient (Wildman–Crippen LogP) is 3.72. The van der Waals surface area contributed by atoms with Crippen LogP contribution in [0.2, 0.25) is 0 Å². The molecule has 1 heterocycles. The third-order valence-corrected chi connectivity index (χ3v) is 4.55. The van der Waals surface area contributed by atoms with E-state index in [0.29, 0.717) is 17.1 Å². The summed E-state index contributed by atoms with van der Waals surface area (Å²) in [7, 11) is 1.61. The molecule has 0 unspecified atom stereocenters. The van der Waals surface area contributed by atoms with Crippen molar-refractivity contribution in [2.24, 2.45) is 0 Å². The predicted molar refractivity (Wildman–Crippen MR) is 110 cm³/mol. The van der Waals surface area contributed by atoms with Crippen LogP contribution in [0.4, 0.5) is 11.4 Å². The summed E-state index contributed by atoms with van der Waals surface area (Å²) in [6, 6.07) is 12.9. The molecule has 0 bridgehead atoms. The zero-order valence-electron chi connectivity index (χ0n) is 16.8. The van der Waals surface area contributed by atoms with Crippen molar-refractivity contribution in [3.05, 3.63) is 59.4 Å². The number of hydrogen-bond acceptors (Lipinski definition) is 5. The van der Waals surface area contributed by atoms with Crippen LogP contribution in [-0.4, -0.2) is 28.0 Å². The molecule has 0 saturated carbocycles. The van der Waals surface area contributed by atoms with Gasteiger partial charge in [0.15, 0.2) is 5.69 Å². The minimum atomic E-state index is -0.318. The SMILES string of the molecule is COc1ccc(-n2nnc(C(=O)Nc3ccc(N)c(C(C)(C)C)c3)c2C)cc1. The van der Waals surface area contributed by atoms with Gasteiger partial charge in [-0.3, -0.25) is 4.79 Å². The van der Waals surface area contributed by atoms with Gasteiger partial charge in [-0.05, 0) is 60.4 Å². The molecule has 3 aromatic rings. The second-order valence-corrected chi connectivity index (χ2v) is 7.64. The Morgan fingerprint density at radius 1 is 1.14 bits per heavy atom. The Bertz CT molecular complexity index is 1000. The largest absolute Gasteiger partial charge is 0.497 e. The maximum absolute atomic E-state index is 12.7. The molecule has 7 heteroatoms. The summed E-state index contributed by atoms with van der Waals surface area (Å²) in [6.45, 7) is 8.04. The molecular formula is C21H25N5O2. The average molecular weight is 379 g/mol. The van der Waals surface area contributed by atoms with E-state index in [0.717, 1.165) is 17.0 Å². The molecule has 0 aliphatic heterocycles. The maximum atomic E-state index is 12.7. The lowest BCUT2D eigenvalue weighted by Gasteiger charge is -2.22. The van der Waals surface area contributed by atoms with Crippen molar-refractivity contribution >= 4 is 17.3 Å². The highest BCUT2D eigenvalue weighted by Gasteiger charge is 2.20. The number of nitrogens with two attached hydrogens (primary N) is 1. The van der Waals surface area contributed by atoms with E-state index in [2.05, 4.69) is 36.4 Å². The lowest BCUT2D eigenvalue weighted by atomic mass is 9.85. The lowest BCUT2D eigenvalue weighted by molar-refractivity contribution is 0.102. The summed E-state index contributed by atoms with van der Waals surface area (Å²) < 4.78 is 6.79. The van der Waals surface area contributed by atoms with Crippen LogP contribution >= 0.6 is 0 Å². The molecule has 3 N–H and O–H groups in total. The summed E-state index contributed by atoms with van der Waals surface area (Å²) in [5.74, 6) is 0.430. The van der Waals surface area contributed by atoms with Gasteiger partial charge in [0, 0.05) is 11.4 Å². The minimum Gasteiger partial charge on any atom is -0.497 e. The lowest BCUT2D eigenvalue weighted by Crippen LogP contribution is -2.17. The number of anilines is 2. The Hall–Kier alpha value is -3.35. The number of nitrogens with zero attached hydrogens (tertiary/aromatic N) is 3. The van der Waals surface area contributed by atoms with E-state index in [4.69, 9.17) is 10.5 Å². The van der Waals surface area contributed by atoms with Gasteiger partial charge in [-0.2, -0.15) is 0 Å². The van der Waals surface area contributed by atoms with E-state index >= 15 is 0 Å². The number of rotatable bonds is 4. The van der Waals surface area contributed by atoms with Crippen molar-refractivity contribution in [3.8, 4) is 11.4 Å². The van der Waals surface area contributed by atoms with E-state index in [1.807, 2.05) is 37.3 Å². The molecule has 2 aromatic carbocycles.